The number of hydrogen-bond acceptors (Lipinski definition) is 4. The Labute approximate surface area is 182 Å². The fourth-order valence-electron chi connectivity index (χ4n) is 3.35. The lowest BCUT2D eigenvalue weighted by Gasteiger charge is -2.18. The zero-order chi connectivity index (χ0) is 21.6. The molecule has 1 heterocycles. The standard InChI is InChI=1S/C25H27N3O3/c1-17-7-9-19(10-8-17)22-16-26-24(31-22)14-13-23(29)28-21(25(30)27-20-11-12-20)15-18-5-3-2-4-6-18/h2-10,16,20-21H,11-15H2,1H3,(H,27,30)(H,28,29). The van der Waals surface area contributed by atoms with Gasteiger partial charge in [-0.2, -0.15) is 0 Å². The first-order valence-corrected chi connectivity index (χ1v) is 10.7. The molecule has 0 aliphatic heterocycles. The molecule has 1 unspecified atom stereocenters. The lowest BCUT2D eigenvalue weighted by Crippen LogP contribution is -2.48. The summed E-state index contributed by atoms with van der Waals surface area (Å²) in [7, 11) is 0. The van der Waals surface area contributed by atoms with E-state index in [4.69, 9.17) is 4.42 Å². The molecule has 2 aromatic carbocycles. The summed E-state index contributed by atoms with van der Waals surface area (Å²) in [5, 5.41) is 5.89. The van der Waals surface area contributed by atoms with Crippen molar-refractivity contribution >= 4 is 11.8 Å². The van der Waals surface area contributed by atoms with E-state index < -0.39 is 6.04 Å². The van der Waals surface area contributed by atoms with Crippen molar-refractivity contribution in [3.8, 4) is 11.3 Å². The molecule has 1 fully saturated rings. The lowest BCUT2D eigenvalue weighted by molar-refractivity contribution is -0.129. The predicted molar refractivity (Wildman–Crippen MR) is 118 cm³/mol. The molecule has 0 bridgehead atoms. The second-order valence-corrected chi connectivity index (χ2v) is 8.08. The Hall–Kier alpha value is -3.41. The zero-order valence-corrected chi connectivity index (χ0v) is 17.6. The van der Waals surface area contributed by atoms with Gasteiger partial charge in [-0.15, -0.1) is 0 Å². The molecule has 1 aromatic heterocycles. The summed E-state index contributed by atoms with van der Waals surface area (Å²) < 4.78 is 5.80. The molecule has 0 saturated heterocycles. The van der Waals surface area contributed by atoms with Crippen molar-refractivity contribution in [3.63, 3.8) is 0 Å². The minimum Gasteiger partial charge on any atom is -0.441 e. The van der Waals surface area contributed by atoms with Crippen molar-refractivity contribution in [2.75, 3.05) is 0 Å². The first-order chi connectivity index (χ1) is 15.1. The van der Waals surface area contributed by atoms with Crippen molar-refractivity contribution in [2.24, 2.45) is 0 Å². The highest BCUT2D eigenvalue weighted by molar-refractivity contribution is 5.88. The number of amides is 2. The minimum atomic E-state index is -0.594. The number of oxazole rings is 1. The van der Waals surface area contributed by atoms with Gasteiger partial charge in [0.1, 0.15) is 6.04 Å². The number of hydrogen-bond donors (Lipinski definition) is 2. The summed E-state index contributed by atoms with van der Waals surface area (Å²) in [6, 6.07) is 17.4. The van der Waals surface area contributed by atoms with Crippen LogP contribution in [0.3, 0.4) is 0 Å². The summed E-state index contributed by atoms with van der Waals surface area (Å²) in [4.78, 5) is 29.5. The van der Waals surface area contributed by atoms with Crippen LogP contribution in [-0.4, -0.2) is 28.9 Å². The summed E-state index contributed by atoms with van der Waals surface area (Å²) >= 11 is 0. The first-order valence-electron chi connectivity index (χ1n) is 10.7. The molecule has 3 aromatic rings. The van der Waals surface area contributed by atoms with Crippen LogP contribution in [0, 0.1) is 6.92 Å². The summed E-state index contributed by atoms with van der Waals surface area (Å²) in [6.07, 6.45) is 4.73. The molecule has 1 aliphatic carbocycles. The number of benzene rings is 2. The van der Waals surface area contributed by atoms with E-state index in [1.807, 2.05) is 61.5 Å². The van der Waals surface area contributed by atoms with Gasteiger partial charge in [0.25, 0.3) is 0 Å². The third-order valence-electron chi connectivity index (χ3n) is 5.31. The van der Waals surface area contributed by atoms with Gasteiger partial charge in [0, 0.05) is 30.9 Å². The van der Waals surface area contributed by atoms with Crippen molar-refractivity contribution in [1.29, 1.82) is 0 Å². The normalized spacial score (nSPS) is 14.1. The fourth-order valence-corrected chi connectivity index (χ4v) is 3.35. The highest BCUT2D eigenvalue weighted by atomic mass is 16.4. The number of aromatic nitrogens is 1. The highest BCUT2D eigenvalue weighted by Crippen LogP contribution is 2.21. The lowest BCUT2D eigenvalue weighted by atomic mass is 10.0. The second-order valence-electron chi connectivity index (χ2n) is 8.08. The maximum absolute atomic E-state index is 12.6. The Morgan fingerprint density at radius 3 is 2.55 bits per heavy atom. The van der Waals surface area contributed by atoms with E-state index >= 15 is 0 Å². The van der Waals surface area contributed by atoms with Crippen LogP contribution in [0.15, 0.2) is 65.2 Å². The van der Waals surface area contributed by atoms with E-state index in [2.05, 4.69) is 15.6 Å². The maximum Gasteiger partial charge on any atom is 0.243 e. The number of aryl methyl sites for hydroxylation is 2. The third kappa shape index (κ3) is 6.04. The van der Waals surface area contributed by atoms with Gasteiger partial charge < -0.3 is 15.1 Å². The zero-order valence-electron chi connectivity index (χ0n) is 17.6. The number of nitrogens with zero attached hydrogens (tertiary/aromatic N) is 1. The van der Waals surface area contributed by atoms with Crippen molar-refractivity contribution < 1.29 is 14.0 Å². The molecular weight excluding hydrogens is 390 g/mol. The Morgan fingerprint density at radius 2 is 1.84 bits per heavy atom. The Bertz CT molecular complexity index is 1020. The first kappa shape index (κ1) is 20.8. The topological polar surface area (TPSA) is 84.2 Å². The van der Waals surface area contributed by atoms with Crippen LogP contribution >= 0.6 is 0 Å². The van der Waals surface area contributed by atoms with Gasteiger partial charge in [-0.25, -0.2) is 4.98 Å². The maximum atomic E-state index is 12.6. The summed E-state index contributed by atoms with van der Waals surface area (Å²) in [6.45, 7) is 2.03. The van der Waals surface area contributed by atoms with Gasteiger partial charge in [0.05, 0.1) is 6.20 Å². The van der Waals surface area contributed by atoms with Crippen LogP contribution in [0.1, 0.15) is 36.3 Å². The molecule has 2 N–H and O–H groups in total. The number of nitrogens with one attached hydrogen (secondary N) is 2. The van der Waals surface area contributed by atoms with Gasteiger partial charge in [-0.05, 0) is 25.3 Å². The van der Waals surface area contributed by atoms with E-state index in [0.29, 0.717) is 24.5 Å². The van der Waals surface area contributed by atoms with Gasteiger partial charge >= 0.3 is 0 Å². The van der Waals surface area contributed by atoms with Crippen LogP contribution in [0.2, 0.25) is 0 Å². The summed E-state index contributed by atoms with van der Waals surface area (Å²) in [5.41, 5.74) is 3.14. The van der Waals surface area contributed by atoms with Crippen LogP contribution < -0.4 is 10.6 Å². The van der Waals surface area contributed by atoms with Crippen LogP contribution in [0.5, 0.6) is 0 Å². The fraction of sp³-hybridized carbons (Fsp3) is 0.320. The molecule has 4 rings (SSSR count). The van der Waals surface area contributed by atoms with Gasteiger partial charge in [-0.1, -0.05) is 60.2 Å². The smallest absolute Gasteiger partial charge is 0.243 e. The van der Waals surface area contributed by atoms with Gasteiger partial charge in [0.15, 0.2) is 11.7 Å². The van der Waals surface area contributed by atoms with E-state index in [9.17, 15) is 9.59 Å². The molecule has 2 amide bonds. The number of carbonyl (C=O) groups is 2. The average Bonchev–Trinajstić information content (AvgIpc) is 3.46. The Morgan fingerprint density at radius 1 is 1.10 bits per heavy atom. The SMILES string of the molecule is Cc1ccc(-c2cnc(CCC(=O)NC(Cc3ccccc3)C(=O)NC3CC3)o2)cc1. The predicted octanol–water partition coefficient (Wildman–Crippen LogP) is 3.59. The molecule has 0 radical (unpaired) electrons. The van der Waals surface area contributed by atoms with E-state index in [1.54, 1.807) is 6.20 Å². The molecule has 1 aliphatic rings. The Balaban J connectivity index is 1.34. The van der Waals surface area contributed by atoms with Crippen molar-refractivity contribution in [3.05, 3.63) is 77.8 Å². The number of carbonyl (C=O) groups excluding carboxylic acids is 2. The third-order valence-corrected chi connectivity index (χ3v) is 5.31. The summed E-state index contributed by atoms with van der Waals surface area (Å²) in [5.74, 6) is 0.869. The molecule has 6 nitrogen and oxygen atoms in total. The highest BCUT2D eigenvalue weighted by Gasteiger charge is 2.28. The number of rotatable bonds is 9. The van der Waals surface area contributed by atoms with Crippen molar-refractivity contribution in [2.45, 2.75) is 51.1 Å². The largest absolute Gasteiger partial charge is 0.441 e. The van der Waals surface area contributed by atoms with Crippen molar-refractivity contribution in [1.82, 2.24) is 15.6 Å². The van der Waals surface area contributed by atoms with E-state index in [0.717, 1.165) is 24.0 Å². The van der Waals surface area contributed by atoms with Crippen LogP contribution in [0.4, 0.5) is 0 Å². The molecular formula is C25H27N3O3. The van der Waals surface area contributed by atoms with E-state index in [1.165, 1.54) is 5.56 Å². The molecule has 0 spiro atoms. The van der Waals surface area contributed by atoms with Gasteiger partial charge in [0.2, 0.25) is 11.8 Å². The quantitative estimate of drug-likeness (QED) is 0.557. The second kappa shape index (κ2) is 9.60. The average molecular weight is 418 g/mol. The Kier molecular flexibility index (Phi) is 6.46. The molecule has 6 heteroatoms. The molecule has 31 heavy (non-hydrogen) atoms. The monoisotopic (exact) mass is 417 g/mol. The molecule has 1 saturated carbocycles. The minimum absolute atomic E-state index is 0.127. The van der Waals surface area contributed by atoms with Crippen LogP contribution in [-0.2, 0) is 22.4 Å². The van der Waals surface area contributed by atoms with Gasteiger partial charge in [-0.3, -0.25) is 9.59 Å². The van der Waals surface area contributed by atoms with Crippen LogP contribution in [0.25, 0.3) is 11.3 Å². The van der Waals surface area contributed by atoms with E-state index in [-0.39, 0.29) is 24.3 Å². The molecule has 1 atom stereocenters. The molecule has 160 valence electrons.